The largest absolute Gasteiger partial charge is 0.309 e. The van der Waals surface area contributed by atoms with Crippen LogP contribution in [-0.2, 0) is 0 Å². The number of thiophene rings is 1. The van der Waals surface area contributed by atoms with Crippen molar-refractivity contribution in [3.05, 3.63) is 200 Å². The Kier molecular flexibility index (Phi) is 7.41. The summed E-state index contributed by atoms with van der Waals surface area (Å²) in [6, 6.07) is 72.8. The first-order chi connectivity index (χ1) is 25.8. The van der Waals surface area contributed by atoms with Crippen molar-refractivity contribution in [3.8, 4) is 33.4 Å². The Balaban J connectivity index is 1.10. The van der Waals surface area contributed by atoms with Crippen molar-refractivity contribution >= 4 is 70.1 Å². The molecule has 0 saturated heterocycles. The molecule has 10 aromatic rings. The van der Waals surface area contributed by atoms with Crippen molar-refractivity contribution in [2.24, 2.45) is 0 Å². The Morgan fingerprint density at radius 1 is 0.308 bits per heavy atom. The van der Waals surface area contributed by atoms with E-state index in [-0.39, 0.29) is 0 Å². The molecule has 0 spiro atoms. The van der Waals surface area contributed by atoms with E-state index in [9.17, 15) is 0 Å². The lowest BCUT2D eigenvalue weighted by molar-refractivity contribution is 1.30. The van der Waals surface area contributed by atoms with E-state index in [0.717, 1.165) is 11.4 Å². The SMILES string of the molecule is c1ccc(-c2cccc3c(-c4ccc(N(c5ccc(-c6cccc7ccccc67)cc5)c5cccc6c5sc5ccccc56)cc4)cccc23)cc1. The summed E-state index contributed by atoms with van der Waals surface area (Å²) in [7, 11) is 0. The number of rotatable bonds is 6. The quantitative estimate of drug-likeness (QED) is 0.169. The van der Waals surface area contributed by atoms with Crippen LogP contribution in [0.1, 0.15) is 0 Å². The second kappa shape index (κ2) is 12.7. The van der Waals surface area contributed by atoms with Crippen LogP contribution in [0.5, 0.6) is 0 Å². The third-order valence-electron chi connectivity index (χ3n) is 10.3. The van der Waals surface area contributed by atoms with Gasteiger partial charge in [-0.3, -0.25) is 0 Å². The highest BCUT2D eigenvalue weighted by Gasteiger charge is 2.19. The minimum atomic E-state index is 1.12. The summed E-state index contributed by atoms with van der Waals surface area (Å²) in [5.74, 6) is 0. The number of nitrogens with zero attached hydrogens (tertiary/aromatic N) is 1. The van der Waals surface area contributed by atoms with Gasteiger partial charge in [0.25, 0.3) is 0 Å². The van der Waals surface area contributed by atoms with Crippen LogP contribution >= 0.6 is 11.3 Å². The molecular formula is C50H33NS. The van der Waals surface area contributed by atoms with E-state index >= 15 is 0 Å². The highest BCUT2D eigenvalue weighted by molar-refractivity contribution is 7.26. The molecule has 10 rings (SSSR count). The third kappa shape index (κ3) is 5.16. The Morgan fingerprint density at radius 2 is 0.769 bits per heavy atom. The highest BCUT2D eigenvalue weighted by Crippen LogP contribution is 2.45. The van der Waals surface area contributed by atoms with Gasteiger partial charge in [0.05, 0.1) is 10.4 Å². The van der Waals surface area contributed by atoms with Crippen molar-refractivity contribution in [2.45, 2.75) is 0 Å². The van der Waals surface area contributed by atoms with Gasteiger partial charge < -0.3 is 4.90 Å². The summed E-state index contributed by atoms with van der Waals surface area (Å²) in [5.41, 5.74) is 10.8. The van der Waals surface area contributed by atoms with Crippen molar-refractivity contribution < 1.29 is 0 Å². The van der Waals surface area contributed by atoms with Gasteiger partial charge in [-0.25, -0.2) is 0 Å². The summed E-state index contributed by atoms with van der Waals surface area (Å²) < 4.78 is 2.59. The van der Waals surface area contributed by atoms with Crippen molar-refractivity contribution in [1.82, 2.24) is 0 Å². The third-order valence-corrected chi connectivity index (χ3v) is 11.5. The molecule has 244 valence electrons. The topological polar surface area (TPSA) is 3.24 Å². The fraction of sp³-hybridized carbons (Fsp3) is 0. The zero-order chi connectivity index (χ0) is 34.4. The molecule has 0 N–H and O–H groups in total. The number of fused-ring (bicyclic) bond motifs is 5. The zero-order valence-corrected chi connectivity index (χ0v) is 29.2. The number of anilines is 3. The molecule has 0 saturated carbocycles. The normalized spacial score (nSPS) is 11.5. The van der Waals surface area contributed by atoms with E-state index in [1.54, 1.807) is 0 Å². The number of hydrogen-bond acceptors (Lipinski definition) is 2. The Hall–Kier alpha value is -6.48. The van der Waals surface area contributed by atoms with Crippen LogP contribution in [0.2, 0.25) is 0 Å². The number of benzene rings is 9. The Morgan fingerprint density at radius 3 is 1.44 bits per heavy atom. The molecule has 1 aromatic heterocycles. The molecular weight excluding hydrogens is 647 g/mol. The van der Waals surface area contributed by atoms with Gasteiger partial charge in [0.15, 0.2) is 0 Å². The lowest BCUT2D eigenvalue weighted by Gasteiger charge is -2.26. The van der Waals surface area contributed by atoms with Gasteiger partial charge in [-0.15, -0.1) is 11.3 Å². The van der Waals surface area contributed by atoms with Gasteiger partial charge in [0.1, 0.15) is 0 Å². The highest BCUT2D eigenvalue weighted by atomic mass is 32.1. The molecule has 0 amide bonds. The predicted octanol–water partition coefficient (Wildman–Crippen LogP) is 14.8. The summed E-state index contributed by atoms with van der Waals surface area (Å²) in [6.07, 6.45) is 0. The summed E-state index contributed by atoms with van der Waals surface area (Å²) in [6.45, 7) is 0. The van der Waals surface area contributed by atoms with Gasteiger partial charge in [0.2, 0.25) is 0 Å². The summed E-state index contributed by atoms with van der Waals surface area (Å²) in [4.78, 5) is 2.42. The molecule has 0 aliphatic carbocycles. The molecule has 52 heavy (non-hydrogen) atoms. The molecule has 0 aliphatic heterocycles. The van der Waals surface area contributed by atoms with Gasteiger partial charge in [-0.1, -0.05) is 164 Å². The second-order valence-corrected chi connectivity index (χ2v) is 14.3. The van der Waals surface area contributed by atoms with E-state index in [2.05, 4.69) is 205 Å². The Bertz CT molecular complexity index is 2880. The molecule has 0 aliphatic rings. The lowest BCUT2D eigenvalue weighted by atomic mass is 9.93. The fourth-order valence-corrected chi connectivity index (χ4v) is 9.03. The first-order valence-electron chi connectivity index (χ1n) is 17.8. The van der Waals surface area contributed by atoms with Crippen LogP contribution in [0.15, 0.2) is 200 Å². The predicted molar refractivity (Wildman–Crippen MR) is 225 cm³/mol. The second-order valence-electron chi connectivity index (χ2n) is 13.3. The zero-order valence-electron chi connectivity index (χ0n) is 28.4. The van der Waals surface area contributed by atoms with Gasteiger partial charge in [0, 0.05) is 26.8 Å². The maximum absolute atomic E-state index is 2.42. The van der Waals surface area contributed by atoms with Crippen molar-refractivity contribution in [3.63, 3.8) is 0 Å². The van der Waals surface area contributed by atoms with Crippen LogP contribution < -0.4 is 4.90 Å². The molecule has 0 unspecified atom stereocenters. The molecule has 0 bridgehead atoms. The maximum atomic E-state index is 2.42. The monoisotopic (exact) mass is 679 g/mol. The minimum absolute atomic E-state index is 1.12. The smallest absolute Gasteiger partial charge is 0.0640 e. The number of hydrogen-bond donors (Lipinski definition) is 0. The molecule has 0 radical (unpaired) electrons. The van der Waals surface area contributed by atoms with Gasteiger partial charge in [-0.2, -0.15) is 0 Å². The Labute approximate surface area is 307 Å². The van der Waals surface area contributed by atoms with E-state index in [1.165, 1.54) is 80.8 Å². The first kappa shape index (κ1) is 30.4. The van der Waals surface area contributed by atoms with E-state index in [4.69, 9.17) is 0 Å². The average molecular weight is 680 g/mol. The van der Waals surface area contributed by atoms with Crippen LogP contribution in [0, 0.1) is 0 Å². The standard InChI is InChI=1S/C50H33NS/c1-2-12-34(13-3-1)42-19-9-22-45-43(20-10-21-44(42)45)37-28-32-39(33-29-37)51(48-24-11-23-47-46-17-6-7-25-49(46)52-50(47)48)38-30-26-36(27-31-38)41-18-8-15-35-14-4-5-16-40(35)41/h1-33H. The molecule has 2 heteroatoms. The van der Waals surface area contributed by atoms with E-state index in [1.807, 2.05) is 11.3 Å². The fourth-order valence-electron chi connectivity index (χ4n) is 7.82. The average Bonchev–Trinajstić information content (AvgIpc) is 3.61. The van der Waals surface area contributed by atoms with E-state index in [0.29, 0.717) is 0 Å². The molecule has 0 atom stereocenters. The van der Waals surface area contributed by atoms with Crippen LogP contribution in [0.4, 0.5) is 17.1 Å². The van der Waals surface area contributed by atoms with Crippen LogP contribution in [-0.4, -0.2) is 0 Å². The van der Waals surface area contributed by atoms with Crippen molar-refractivity contribution in [2.75, 3.05) is 4.90 Å². The van der Waals surface area contributed by atoms with Crippen LogP contribution in [0.25, 0.3) is 75.1 Å². The van der Waals surface area contributed by atoms with Gasteiger partial charge in [-0.05, 0) is 91.3 Å². The first-order valence-corrected chi connectivity index (χ1v) is 18.6. The molecule has 0 fully saturated rings. The van der Waals surface area contributed by atoms with Crippen LogP contribution in [0.3, 0.4) is 0 Å². The maximum Gasteiger partial charge on any atom is 0.0640 e. The lowest BCUT2D eigenvalue weighted by Crippen LogP contribution is -2.10. The van der Waals surface area contributed by atoms with Gasteiger partial charge >= 0.3 is 0 Å². The summed E-state index contributed by atoms with van der Waals surface area (Å²) in [5, 5.41) is 7.63. The molecule has 9 aromatic carbocycles. The molecule has 1 heterocycles. The van der Waals surface area contributed by atoms with Crippen molar-refractivity contribution in [1.29, 1.82) is 0 Å². The summed E-state index contributed by atoms with van der Waals surface area (Å²) >= 11 is 1.87. The minimum Gasteiger partial charge on any atom is -0.309 e. The van der Waals surface area contributed by atoms with E-state index < -0.39 is 0 Å². The molecule has 1 nitrogen and oxygen atoms in total.